The fourth-order valence-electron chi connectivity index (χ4n) is 3.46. The molecule has 1 aliphatic heterocycles. The molecule has 0 unspecified atom stereocenters. The zero-order chi connectivity index (χ0) is 17.6. The van der Waals surface area contributed by atoms with E-state index in [-0.39, 0.29) is 5.91 Å². The van der Waals surface area contributed by atoms with Crippen LogP contribution in [0.15, 0.2) is 42.7 Å². The molecule has 0 aliphatic carbocycles. The first kappa shape index (κ1) is 17.7. The number of piperidine rings is 1. The van der Waals surface area contributed by atoms with E-state index >= 15 is 0 Å². The van der Waals surface area contributed by atoms with Gasteiger partial charge in [-0.3, -0.25) is 4.79 Å². The van der Waals surface area contributed by atoms with Crippen LogP contribution >= 0.6 is 0 Å². The number of hydrogen-bond acceptors (Lipinski definition) is 3. The number of rotatable bonds is 6. The van der Waals surface area contributed by atoms with Gasteiger partial charge in [-0.15, -0.1) is 0 Å². The van der Waals surface area contributed by atoms with Crippen LogP contribution in [0.1, 0.15) is 44.1 Å². The Morgan fingerprint density at radius 3 is 2.92 bits per heavy atom. The maximum Gasteiger partial charge on any atom is 0.251 e. The zero-order valence-corrected chi connectivity index (χ0v) is 15.1. The molecule has 0 bridgehead atoms. The summed E-state index contributed by atoms with van der Waals surface area (Å²) in [5, 5.41) is 0. The van der Waals surface area contributed by atoms with Crippen LogP contribution in [0.2, 0.25) is 0 Å². The molecule has 1 aliphatic rings. The summed E-state index contributed by atoms with van der Waals surface area (Å²) in [5.41, 5.74) is 1.09. The highest BCUT2D eigenvalue weighted by molar-refractivity contribution is 5.80. The van der Waals surface area contributed by atoms with Crippen LogP contribution in [0.4, 0.5) is 0 Å². The first-order chi connectivity index (χ1) is 12.2. The Bertz CT molecular complexity index is 683. The van der Waals surface area contributed by atoms with E-state index < -0.39 is 6.10 Å². The van der Waals surface area contributed by atoms with E-state index in [2.05, 4.69) is 16.5 Å². The Morgan fingerprint density at radius 2 is 2.16 bits per heavy atom. The highest BCUT2D eigenvalue weighted by atomic mass is 16.5. The summed E-state index contributed by atoms with van der Waals surface area (Å²) >= 11 is 0. The second-order valence-corrected chi connectivity index (χ2v) is 6.62. The van der Waals surface area contributed by atoms with E-state index in [1.54, 1.807) is 0 Å². The Morgan fingerprint density at radius 1 is 1.36 bits per heavy atom. The van der Waals surface area contributed by atoms with Gasteiger partial charge in [-0.25, -0.2) is 4.98 Å². The van der Waals surface area contributed by atoms with Gasteiger partial charge in [0.1, 0.15) is 11.9 Å². The predicted octanol–water partition coefficient (Wildman–Crippen LogP) is 3.21. The van der Waals surface area contributed by atoms with E-state index in [4.69, 9.17) is 4.74 Å². The van der Waals surface area contributed by atoms with Crippen LogP contribution in [0, 0.1) is 0 Å². The molecule has 5 heteroatoms. The fourth-order valence-corrected chi connectivity index (χ4v) is 3.46. The van der Waals surface area contributed by atoms with Crippen molar-refractivity contribution in [2.45, 2.75) is 51.9 Å². The Balaban J connectivity index is 1.57. The number of aromatic nitrogens is 2. The smallest absolute Gasteiger partial charge is 0.251 e. The molecule has 2 heterocycles. The first-order valence-electron chi connectivity index (χ1n) is 9.15. The van der Waals surface area contributed by atoms with E-state index in [1.807, 2.05) is 54.5 Å². The lowest BCUT2D eigenvalue weighted by Crippen LogP contribution is -2.45. The van der Waals surface area contributed by atoms with Crippen molar-refractivity contribution in [3.05, 3.63) is 54.1 Å². The largest absolute Gasteiger partial charge is 0.364 e. The Hall–Kier alpha value is -2.14. The quantitative estimate of drug-likeness (QED) is 0.810. The van der Waals surface area contributed by atoms with Gasteiger partial charge >= 0.3 is 0 Å². The highest BCUT2D eigenvalue weighted by Gasteiger charge is 2.28. The topological polar surface area (TPSA) is 47.4 Å². The highest BCUT2D eigenvalue weighted by Crippen LogP contribution is 2.24. The van der Waals surface area contributed by atoms with Crippen LogP contribution in [0.3, 0.4) is 0 Å². The molecule has 0 N–H and O–H groups in total. The number of carbonyl (C=O) groups excluding carboxylic acids is 1. The predicted molar refractivity (Wildman–Crippen MR) is 97.1 cm³/mol. The summed E-state index contributed by atoms with van der Waals surface area (Å²) in [6.45, 7) is 5.98. The van der Waals surface area contributed by atoms with Crippen LogP contribution in [0.25, 0.3) is 0 Å². The molecule has 2 aromatic rings. The van der Waals surface area contributed by atoms with E-state index in [9.17, 15) is 4.79 Å². The molecule has 2 atom stereocenters. The number of carbonyl (C=O) groups is 1. The average Bonchev–Trinajstić information content (AvgIpc) is 3.15. The minimum Gasteiger partial charge on any atom is -0.364 e. The van der Waals surface area contributed by atoms with Gasteiger partial charge in [0.25, 0.3) is 5.91 Å². The van der Waals surface area contributed by atoms with Crippen molar-refractivity contribution in [2.24, 2.45) is 0 Å². The van der Waals surface area contributed by atoms with Crippen molar-refractivity contribution in [2.75, 3.05) is 13.1 Å². The summed E-state index contributed by atoms with van der Waals surface area (Å²) in [7, 11) is 0. The van der Waals surface area contributed by atoms with Crippen molar-refractivity contribution < 1.29 is 9.53 Å². The third kappa shape index (κ3) is 4.28. The molecule has 0 spiro atoms. The first-order valence-corrected chi connectivity index (χ1v) is 9.15. The third-order valence-corrected chi connectivity index (χ3v) is 4.86. The van der Waals surface area contributed by atoms with Crippen LogP contribution < -0.4 is 0 Å². The number of hydrogen-bond donors (Lipinski definition) is 0. The van der Waals surface area contributed by atoms with Gasteiger partial charge in [0.15, 0.2) is 0 Å². The van der Waals surface area contributed by atoms with Crippen molar-refractivity contribution in [1.82, 2.24) is 14.5 Å². The van der Waals surface area contributed by atoms with Crippen molar-refractivity contribution in [3.63, 3.8) is 0 Å². The fraction of sp³-hybridized carbons (Fsp3) is 0.500. The SMILES string of the molecule is CCc1nccn1[C@@H]1CCCN(C(=O)[C@H](C)OCc2ccccc2)C1. The number of aryl methyl sites for hydroxylation is 1. The van der Waals surface area contributed by atoms with Crippen LogP contribution in [-0.2, 0) is 22.6 Å². The lowest BCUT2D eigenvalue weighted by Gasteiger charge is -2.35. The van der Waals surface area contributed by atoms with Crippen molar-refractivity contribution in [1.29, 1.82) is 0 Å². The third-order valence-electron chi connectivity index (χ3n) is 4.86. The van der Waals surface area contributed by atoms with Crippen molar-refractivity contribution >= 4 is 5.91 Å². The standard InChI is InChI=1S/C20H27N3O2/c1-3-19-21-11-13-23(19)18-10-7-12-22(14-18)20(24)16(2)25-15-17-8-5-4-6-9-17/h4-6,8-9,11,13,16,18H,3,7,10,12,14-15H2,1-2H3/t16-,18+/m0/s1. The normalized spacial score (nSPS) is 19.0. The van der Waals surface area contributed by atoms with Crippen LogP contribution in [-0.4, -0.2) is 39.6 Å². The van der Waals surface area contributed by atoms with E-state index in [0.29, 0.717) is 12.6 Å². The summed E-state index contributed by atoms with van der Waals surface area (Å²) in [6, 6.07) is 10.3. The lowest BCUT2D eigenvalue weighted by molar-refractivity contribution is -0.145. The molecule has 1 aromatic carbocycles. The molecule has 3 rings (SSSR count). The number of nitrogens with zero attached hydrogens (tertiary/aromatic N) is 3. The second-order valence-electron chi connectivity index (χ2n) is 6.62. The van der Waals surface area contributed by atoms with E-state index in [1.165, 1.54) is 0 Å². The summed E-state index contributed by atoms with van der Waals surface area (Å²) in [6.07, 6.45) is 6.48. The van der Waals surface area contributed by atoms with Crippen molar-refractivity contribution in [3.8, 4) is 0 Å². The number of likely N-dealkylation sites (tertiary alicyclic amines) is 1. The average molecular weight is 341 g/mol. The molecular weight excluding hydrogens is 314 g/mol. The van der Waals surface area contributed by atoms with Gasteiger partial charge in [-0.05, 0) is 25.3 Å². The van der Waals surface area contributed by atoms with Gasteiger partial charge in [-0.2, -0.15) is 0 Å². The Labute approximate surface area is 149 Å². The summed E-state index contributed by atoms with van der Waals surface area (Å²) < 4.78 is 8.03. The van der Waals surface area contributed by atoms with Gasteiger partial charge in [0.2, 0.25) is 0 Å². The molecule has 1 amide bonds. The molecule has 134 valence electrons. The molecular formula is C20H27N3O2. The molecule has 1 aromatic heterocycles. The lowest BCUT2D eigenvalue weighted by atomic mass is 10.0. The van der Waals surface area contributed by atoms with Crippen LogP contribution in [0.5, 0.6) is 0 Å². The van der Waals surface area contributed by atoms with Gasteiger partial charge < -0.3 is 14.2 Å². The van der Waals surface area contributed by atoms with Gasteiger partial charge in [0.05, 0.1) is 12.6 Å². The van der Waals surface area contributed by atoms with Gasteiger partial charge in [0, 0.05) is 31.9 Å². The molecule has 0 radical (unpaired) electrons. The number of ether oxygens (including phenoxy) is 1. The maximum absolute atomic E-state index is 12.8. The number of imidazole rings is 1. The molecule has 1 saturated heterocycles. The summed E-state index contributed by atoms with van der Waals surface area (Å²) in [5.74, 6) is 1.17. The molecule has 25 heavy (non-hydrogen) atoms. The molecule has 0 saturated carbocycles. The van der Waals surface area contributed by atoms with E-state index in [0.717, 1.165) is 43.7 Å². The zero-order valence-electron chi connectivity index (χ0n) is 15.1. The number of benzene rings is 1. The molecule has 1 fully saturated rings. The van der Waals surface area contributed by atoms with Gasteiger partial charge in [-0.1, -0.05) is 37.3 Å². The summed E-state index contributed by atoms with van der Waals surface area (Å²) in [4.78, 5) is 19.1. The minimum atomic E-state index is -0.424. The monoisotopic (exact) mass is 341 g/mol. The minimum absolute atomic E-state index is 0.0822. The molecule has 5 nitrogen and oxygen atoms in total. The second kappa shape index (κ2) is 8.30. The number of amides is 1. The Kier molecular flexibility index (Phi) is 5.87. The maximum atomic E-state index is 12.8.